The highest BCUT2D eigenvalue weighted by Gasteiger charge is 2.24. The van der Waals surface area contributed by atoms with Gasteiger partial charge >= 0.3 is 0 Å². The van der Waals surface area contributed by atoms with Crippen molar-refractivity contribution >= 4 is 0 Å². The van der Waals surface area contributed by atoms with Crippen LogP contribution in [-0.4, -0.2) is 11.2 Å². The molecule has 1 aliphatic carbocycles. The second kappa shape index (κ2) is 3.96. The summed E-state index contributed by atoms with van der Waals surface area (Å²) in [5.74, 6) is 0.675. The van der Waals surface area contributed by atoms with Gasteiger partial charge in [-0.3, -0.25) is 0 Å². The van der Waals surface area contributed by atoms with Gasteiger partial charge in [-0.05, 0) is 37.1 Å². The van der Waals surface area contributed by atoms with Crippen molar-refractivity contribution < 1.29 is 8.91 Å². The molecule has 17 heavy (non-hydrogen) atoms. The molecule has 1 unspecified atom stereocenters. The number of hydrogen-bond donors (Lipinski definition) is 1. The molecule has 3 rings (SSSR count). The number of halogens is 1. The van der Waals surface area contributed by atoms with Crippen LogP contribution in [0.1, 0.15) is 17.7 Å². The predicted octanol–water partition coefficient (Wildman–Crippen LogP) is 2.30. The van der Waals surface area contributed by atoms with E-state index in [1.54, 1.807) is 12.1 Å². The number of rotatable bonds is 1. The van der Waals surface area contributed by atoms with Crippen LogP contribution in [0.4, 0.5) is 4.39 Å². The lowest BCUT2D eigenvalue weighted by atomic mass is 9.91. The third-order valence-electron chi connectivity index (χ3n) is 3.20. The largest absolute Gasteiger partial charge is 0.360 e. The zero-order valence-electron chi connectivity index (χ0n) is 9.32. The molecule has 0 amide bonds. The molecule has 0 spiro atoms. The number of fused-ring (bicyclic) bond motifs is 1. The van der Waals surface area contributed by atoms with Gasteiger partial charge in [0.05, 0.1) is 0 Å². The molecule has 0 bridgehead atoms. The molecule has 2 aromatic rings. The van der Waals surface area contributed by atoms with Crippen LogP contribution in [0.25, 0.3) is 11.3 Å². The highest BCUT2D eigenvalue weighted by molar-refractivity contribution is 5.63. The minimum absolute atomic E-state index is 0.168. The molecule has 1 aliphatic rings. The molecule has 0 fully saturated rings. The summed E-state index contributed by atoms with van der Waals surface area (Å²) in [6.07, 6.45) is 2.56. The molecule has 0 saturated carbocycles. The first kappa shape index (κ1) is 10.5. The van der Waals surface area contributed by atoms with Crippen molar-refractivity contribution in [2.45, 2.75) is 25.3 Å². The second-order valence-corrected chi connectivity index (χ2v) is 4.44. The molecule has 4 heteroatoms. The second-order valence-electron chi connectivity index (χ2n) is 4.44. The Morgan fingerprint density at radius 1 is 1.29 bits per heavy atom. The third kappa shape index (κ3) is 1.85. The van der Waals surface area contributed by atoms with E-state index >= 15 is 0 Å². The standard InChI is InChI=1S/C13H13FN2O/c14-9-3-1-8(2-4-9)13-11-7-10(15)5-6-12(11)17-16-13/h1-4,10H,5-7,15H2. The van der Waals surface area contributed by atoms with Crippen LogP contribution in [-0.2, 0) is 12.8 Å². The maximum Gasteiger partial charge on any atom is 0.140 e. The smallest absolute Gasteiger partial charge is 0.140 e. The summed E-state index contributed by atoms with van der Waals surface area (Å²) >= 11 is 0. The van der Waals surface area contributed by atoms with Gasteiger partial charge in [-0.1, -0.05) is 5.16 Å². The average molecular weight is 232 g/mol. The van der Waals surface area contributed by atoms with E-state index in [9.17, 15) is 4.39 Å². The molecule has 3 nitrogen and oxygen atoms in total. The Morgan fingerprint density at radius 2 is 2.06 bits per heavy atom. The summed E-state index contributed by atoms with van der Waals surface area (Å²) in [4.78, 5) is 0. The molecule has 0 aliphatic heterocycles. The van der Waals surface area contributed by atoms with E-state index in [0.29, 0.717) is 0 Å². The zero-order valence-corrected chi connectivity index (χ0v) is 9.32. The monoisotopic (exact) mass is 232 g/mol. The van der Waals surface area contributed by atoms with Gasteiger partial charge in [0.2, 0.25) is 0 Å². The van der Waals surface area contributed by atoms with Crippen molar-refractivity contribution in [1.29, 1.82) is 0 Å². The summed E-state index contributed by atoms with van der Waals surface area (Å²) in [6.45, 7) is 0. The van der Waals surface area contributed by atoms with Crippen LogP contribution in [0.3, 0.4) is 0 Å². The lowest BCUT2D eigenvalue weighted by Crippen LogP contribution is -2.27. The van der Waals surface area contributed by atoms with Gasteiger partial charge in [0.25, 0.3) is 0 Å². The van der Waals surface area contributed by atoms with Gasteiger partial charge in [-0.15, -0.1) is 0 Å². The number of hydrogen-bond acceptors (Lipinski definition) is 3. The summed E-state index contributed by atoms with van der Waals surface area (Å²) < 4.78 is 18.2. The van der Waals surface area contributed by atoms with E-state index in [0.717, 1.165) is 41.8 Å². The molecule has 0 radical (unpaired) electrons. The van der Waals surface area contributed by atoms with Crippen LogP contribution >= 0.6 is 0 Å². The molecule has 1 atom stereocenters. The van der Waals surface area contributed by atoms with Crippen LogP contribution in [0.15, 0.2) is 28.8 Å². The molecule has 2 N–H and O–H groups in total. The van der Waals surface area contributed by atoms with Crippen molar-refractivity contribution in [2.75, 3.05) is 0 Å². The van der Waals surface area contributed by atoms with Crippen molar-refractivity contribution in [1.82, 2.24) is 5.16 Å². The van der Waals surface area contributed by atoms with Crippen molar-refractivity contribution in [3.05, 3.63) is 41.4 Å². The fraction of sp³-hybridized carbons (Fsp3) is 0.308. The van der Waals surface area contributed by atoms with Crippen LogP contribution in [0, 0.1) is 5.82 Å². The minimum atomic E-state index is -0.247. The normalized spacial score (nSPS) is 19.1. The minimum Gasteiger partial charge on any atom is -0.360 e. The highest BCUT2D eigenvalue weighted by atomic mass is 19.1. The lowest BCUT2D eigenvalue weighted by molar-refractivity contribution is 0.367. The zero-order chi connectivity index (χ0) is 11.8. The Hall–Kier alpha value is -1.68. The van der Waals surface area contributed by atoms with Crippen molar-refractivity contribution in [3.63, 3.8) is 0 Å². The summed E-state index contributed by atoms with van der Waals surface area (Å²) in [5.41, 5.74) is 8.71. The summed E-state index contributed by atoms with van der Waals surface area (Å²) in [6, 6.07) is 6.46. The number of nitrogens with two attached hydrogens (primary N) is 1. The fourth-order valence-electron chi connectivity index (χ4n) is 2.27. The molecule has 88 valence electrons. The van der Waals surface area contributed by atoms with Gasteiger partial charge in [0.15, 0.2) is 0 Å². The molecule has 1 aromatic carbocycles. The Kier molecular flexibility index (Phi) is 2.44. The maximum atomic E-state index is 12.9. The Labute approximate surface area is 98.4 Å². The Bertz CT molecular complexity index is 533. The van der Waals surface area contributed by atoms with Crippen LogP contribution in [0.5, 0.6) is 0 Å². The van der Waals surface area contributed by atoms with E-state index in [2.05, 4.69) is 5.16 Å². The van der Waals surface area contributed by atoms with E-state index in [1.165, 1.54) is 12.1 Å². The van der Waals surface area contributed by atoms with Crippen molar-refractivity contribution in [3.8, 4) is 11.3 Å². The van der Waals surface area contributed by atoms with Gasteiger partial charge < -0.3 is 10.3 Å². The first-order chi connectivity index (χ1) is 8.24. The van der Waals surface area contributed by atoms with Gasteiger partial charge in [0.1, 0.15) is 17.3 Å². The highest BCUT2D eigenvalue weighted by Crippen LogP contribution is 2.30. The molecular formula is C13H13FN2O. The number of aromatic nitrogens is 1. The predicted molar refractivity (Wildman–Crippen MR) is 61.9 cm³/mol. The van der Waals surface area contributed by atoms with E-state index in [4.69, 9.17) is 10.3 Å². The molecular weight excluding hydrogens is 219 g/mol. The lowest BCUT2D eigenvalue weighted by Gasteiger charge is -2.16. The molecule has 0 saturated heterocycles. The van der Waals surface area contributed by atoms with Crippen LogP contribution in [0.2, 0.25) is 0 Å². The first-order valence-electron chi connectivity index (χ1n) is 5.73. The number of benzene rings is 1. The SMILES string of the molecule is NC1CCc2onc(-c3ccc(F)cc3)c2C1. The van der Waals surface area contributed by atoms with Gasteiger partial charge in [-0.2, -0.15) is 0 Å². The van der Waals surface area contributed by atoms with Gasteiger partial charge in [0, 0.05) is 23.6 Å². The molecule has 1 heterocycles. The number of nitrogens with zero attached hydrogens (tertiary/aromatic N) is 1. The quantitative estimate of drug-likeness (QED) is 0.820. The van der Waals surface area contributed by atoms with E-state index < -0.39 is 0 Å². The molecule has 1 aromatic heterocycles. The van der Waals surface area contributed by atoms with E-state index in [-0.39, 0.29) is 11.9 Å². The first-order valence-corrected chi connectivity index (χ1v) is 5.73. The van der Waals surface area contributed by atoms with Crippen LogP contribution < -0.4 is 5.73 Å². The Morgan fingerprint density at radius 3 is 2.82 bits per heavy atom. The fourth-order valence-corrected chi connectivity index (χ4v) is 2.27. The maximum absolute atomic E-state index is 12.9. The van der Waals surface area contributed by atoms with Gasteiger partial charge in [-0.25, -0.2) is 4.39 Å². The number of aryl methyl sites for hydroxylation is 1. The average Bonchev–Trinajstić information content (AvgIpc) is 2.73. The topological polar surface area (TPSA) is 52.0 Å². The summed E-state index contributed by atoms with van der Waals surface area (Å²) in [7, 11) is 0. The third-order valence-corrected chi connectivity index (χ3v) is 3.20. The van der Waals surface area contributed by atoms with E-state index in [1.807, 2.05) is 0 Å². The Balaban J connectivity index is 2.04. The summed E-state index contributed by atoms with van der Waals surface area (Å²) in [5, 5.41) is 4.08. The van der Waals surface area contributed by atoms with Crippen molar-refractivity contribution in [2.24, 2.45) is 5.73 Å².